The molecule has 0 heterocycles. The summed E-state index contributed by atoms with van der Waals surface area (Å²) in [6, 6.07) is 9.18. The van der Waals surface area contributed by atoms with Crippen LogP contribution in [0.25, 0.3) is 0 Å². The van der Waals surface area contributed by atoms with Gasteiger partial charge in [-0.2, -0.15) is 11.8 Å². The fourth-order valence-corrected chi connectivity index (χ4v) is 2.80. The molecule has 0 amide bonds. The second-order valence-electron chi connectivity index (χ2n) is 4.80. The number of rotatable bonds is 6. The minimum Gasteiger partial charge on any atom is -0.493 e. The van der Waals surface area contributed by atoms with Crippen LogP contribution in [0.4, 0.5) is 0 Å². The summed E-state index contributed by atoms with van der Waals surface area (Å²) in [7, 11) is 1.39. The van der Waals surface area contributed by atoms with Gasteiger partial charge in [0.15, 0.2) is 11.5 Å². The van der Waals surface area contributed by atoms with Gasteiger partial charge in [-0.25, -0.2) is 9.59 Å². The molecule has 0 aliphatic rings. The standard InChI is InChI=1S/C17H15ClO5S/c1-22-14-8-11(16(19)20)6-12(9-24-2)15(14)23-17(21)10-4-3-5-13(18)7-10/h3-8H,9H2,1-2H3,(H,19,20). The third-order valence-corrected chi connectivity index (χ3v) is 3.99. The van der Waals surface area contributed by atoms with Crippen molar-refractivity contribution in [2.45, 2.75) is 5.75 Å². The van der Waals surface area contributed by atoms with E-state index in [1.54, 1.807) is 18.2 Å². The van der Waals surface area contributed by atoms with Crippen LogP contribution in [0.2, 0.25) is 5.02 Å². The van der Waals surface area contributed by atoms with Gasteiger partial charge in [-0.15, -0.1) is 0 Å². The molecule has 2 aromatic rings. The minimum absolute atomic E-state index is 0.0680. The maximum Gasteiger partial charge on any atom is 0.343 e. The first-order chi connectivity index (χ1) is 11.5. The van der Waals surface area contributed by atoms with Crippen molar-refractivity contribution in [2.24, 2.45) is 0 Å². The van der Waals surface area contributed by atoms with E-state index in [0.717, 1.165) is 0 Å². The van der Waals surface area contributed by atoms with E-state index in [2.05, 4.69) is 0 Å². The number of carboxylic acid groups (broad SMARTS) is 1. The summed E-state index contributed by atoms with van der Waals surface area (Å²) in [4.78, 5) is 23.6. The van der Waals surface area contributed by atoms with E-state index in [-0.39, 0.29) is 17.1 Å². The van der Waals surface area contributed by atoms with Gasteiger partial charge in [0, 0.05) is 16.3 Å². The fourth-order valence-electron chi connectivity index (χ4n) is 2.08. The zero-order valence-corrected chi connectivity index (χ0v) is 14.6. The average Bonchev–Trinajstić information content (AvgIpc) is 2.56. The Balaban J connectivity index is 2.44. The number of hydrogen-bond acceptors (Lipinski definition) is 5. The largest absolute Gasteiger partial charge is 0.493 e. The van der Waals surface area contributed by atoms with Gasteiger partial charge >= 0.3 is 11.9 Å². The molecule has 126 valence electrons. The second-order valence-corrected chi connectivity index (χ2v) is 6.11. The number of halogens is 1. The van der Waals surface area contributed by atoms with E-state index in [0.29, 0.717) is 21.9 Å². The summed E-state index contributed by atoms with van der Waals surface area (Å²) in [6.07, 6.45) is 1.86. The van der Waals surface area contributed by atoms with Crippen molar-refractivity contribution in [3.05, 3.63) is 58.1 Å². The molecule has 2 rings (SSSR count). The highest BCUT2D eigenvalue weighted by molar-refractivity contribution is 7.97. The summed E-state index contributed by atoms with van der Waals surface area (Å²) in [5, 5.41) is 9.61. The highest BCUT2D eigenvalue weighted by atomic mass is 35.5. The van der Waals surface area contributed by atoms with E-state index >= 15 is 0 Å². The van der Waals surface area contributed by atoms with Crippen LogP contribution in [-0.4, -0.2) is 30.4 Å². The van der Waals surface area contributed by atoms with Gasteiger partial charge < -0.3 is 14.6 Å². The molecule has 0 fully saturated rings. The van der Waals surface area contributed by atoms with Gasteiger partial charge in [-0.3, -0.25) is 0 Å². The van der Waals surface area contributed by atoms with Crippen molar-refractivity contribution in [2.75, 3.05) is 13.4 Å². The van der Waals surface area contributed by atoms with Gasteiger partial charge in [0.1, 0.15) is 0 Å². The Hall–Kier alpha value is -2.18. The number of benzene rings is 2. The van der Waals surface area contributed by atoms with E-state index in [1.165, 1.54) is 37.1 Å². The van der Waals surface area contributed by atoms with Crippen LogP contribution in [0.3, 0.4) is 0 Å². The minimum atomic E-state index is -1.08. The van der Waals surface area contributed by atoms with Crippen molar-refractivity contribution < 1.29 is 24.2 Å². The predicted octanol–water partition coefficient (Wildman–Crippen LogP) is 4.13. The molecule has 0 atom stereocenters. The van der Waals surface area contributed by atoms with Gasteiger partial charge in [0.2, 0.25) is 0 Å². The molecule has 0 unspecified atom stereocenters. The highest BCUT2D eigenvalue weighted by Gasteiger charge is 2.20. The van der Waals surface area contributed by atoms with Crippen LogP contribution in [0.1, 0.15) is 26.3 Å². The van der Waals surface area contributed by atoms with Crippen molar-refractivity contribution in [1.29, 1.82) is 0 Å². The van der Waals surface area contributed by atoms with Gasteiger partial charge in [-0.05, 0) is 36.6 Å². The molecular weight excluding hydrogens is 352 g/mol. The van der Waals surface area contributed by atoms with Crippen LogP contribution >= 0.6 is 23.4 Å². The van der Waals surface area contributed by atoms with Gasteiger partial charge in [-0.1, -0.05) is 17.7 Å². The molecular formula is C17H15ClO5S. The lowest BCUT2D eigenvalue weighted by Gasteiger charge is -2.15. The number of thioether (sulfide) groups is 1. The zero-order valence-electron chi connectivity index (χ0n) is 13.0. The highest BCUT2D eigenvalue weighted by Crippen LogP contribution is 2.35. The average molecular weight is 367 g/mol. The summed E-state index contributed by atoms with van der Waals surface area (Å²) < 4.78 is 10.7. The molecule has 7 heteroatoms. The van der Waals surface area contributed by atoms with Crippen molar-refractivity contribution >= 4 is 35.3 Å². The van der Waals surface area contributed by atoms with Crippen molar-refractivity contribution in [1.82, 2.24) is 0 Å². The normalized spacial score (nSPS) is 10.3. The number of carbonyl (C=O) groups excluding carboxylic acids is 1. The lowest BCUT2D eigenvalue weighted by Crippen LogP contribution is -2.11. The second kappa shape index (κ2) is 8.08. The Bertz CT molecular complexity index is 776. The van der Waals surface area contributed by atoms with Crippen LogP contribution in [-0.2, 0) is 5.75 Å². The monoisotopic (exact) mass is 366 g/mol. The maximum atomic E-state index is 12.4. The fraction of sp³-hybridized carbons (Fsp3) is 0.176. The molecule has 24 heavy (non-hydrogen) atoms. The Morgan fingerprint density at radius 2 is 1.96 bits per heavy atom. The first kappa shape index (κ1) is 18.2. The molecule has 2 aromatic carbocycles. The third kappa shape index (κ3) is 4.21. The summed E-state index contributed by atoms with van der Waals surface area (Å²) in [5.74, 6) is -0.809. The van der Waals surface area contributed by atoms with E-state index in [4.69, 9.17) is 21.1 Å². The predicted molar refractivity (Wildman–Crippen MR) is 93.6 cm³/mol. The number of methoxy groups -OCH3 is 1. The van der Waals surface area contributed by atoms with Crippen LogP contribution in [0.15, 0.2) is 36.4 Å². The summed E-state index contributed by atoms with van der Waals surface area (Å²) in [5.41, 5.74) is 0.926. The molecule has 5 nitrogen and oxygen atoms in total. The summed E-state index contributed by atoms with van der Waals surface area (Å²) >= 11 is 7.36. The maximum absolute atomic E-state index is 12.4. The van der Waals surface area contributed by atoms with Crippen molar-refractivity contribution in [3.63, 3.8) is 0 Å². The molecule has 1 N–H and O–H groups in total. The Kier molecular flexibility index (Phi) is 6.11. The number of hydrogen-bond donors (Lipinski definition) is 1. The number of ether oxygens (including phenoxy) is 2. The summed E-state index contributed by atoms with van der Waals surface area (Å²) in [6.45, 7) is 0. The first-order valence-electron chi connectivity index (χ1n) is 6.87. The topological polar surface area (TPSA) is 72.8 Å². The van der Waals surface area contributed by atoms with Gasteiger partial charge in [0.25, 0.3) is 0 Å². The molecule has 0 bridgehead atoms. The third-order valence-electron chi connectivity index (χ3n) is 3.15. The molecule has 0 saturated carbocycles. The molecule has 0 aliphatic heterocycles. The van der Waals surface area contributed by atoms with E-state index < -0.39 is 11.9 Å². The Labute approximate surface area is 148 Å². The van der Waals surface area contributed by atoms with Crippen LogP contribution < -0.4 is 9.47 Å². The Morgan fingerprint density at radius 3 is 2.54 bits per heavy atom. The number of esters is 1. The first-order valence-corrected chi connectivity index (χ1v) is 8.64. The quantitative estimate of drug-likeness (QED) is 0.612. The van der Waals surface area contributed by atoms with Gasteiger partial charge in [0.05, 0.1) is 18.2 Å². The number of carbonyl (C=O) groups is 2. The SMILES string of the molecule is COc1cc(C(=O)O)cc(CSC)c1OC(=O)c1cccc(Cl)c1. The smallest absolute Gasteiger partial charge is 0.343 e. The van der Waals surface area contributed by atoms with Crippen LogP contribution in [0, 0.1) is 0 Å². The lowest BCUT2D eigenvalue weighted by atomic mass is 10.1. The molecule has 0 aromatic heterocycles. The van der Waals surface area contributed by atoms with E-state index in [9.17, 15) is 14.7 Å². The van der Waals surface area contributed by atoms with E-state index in [1.807, 2.05) is 6.26 Å². The zero-order chi connectivity index (χ0) is 17.7. The molecule has 0 spiro atoms. The lowest BCUT2D eigenvalue weighted by molar-refractivity contribution is 0.0696. The van der Waals surface area contributed by atoms with Crippen LogP contribution in [0.5, 0.6) is 11.5 Å². The number of carboxylic acids is 1. The molecule has 0 radical (unpaired) electrons. The molecule has 0 saturated heterocycles. The van der Waals surface area contributed by atoms with Crippen molar-refractivity contribution in [3.8, 4) is 11.5 Å². The molecule has 0 aliphatic carbocycles. The Morgan fingerprint density at radius 1 is 1.21 bits per heavy atom. The number of aromatic carboxylic acids is 1.